The van der Waals surface area contributed by atoms with Crippen LogP contribution in [-0.4, -0.2) is 10.2 Å². The summed E-state index contributed by atoms with van der Waals surface area (Å²) in [6.45, 7) is 12.5. The molecule has 0 spiro atoms. The first-order valence-corrected chi connectivity index (χ1v) is 7.81. The lowest BCUT2D eigenvalue weighted by Crippen LogP contribution is -1.90. The summed E-state index contributed by atoms with van der Waals surface area (Å²) in [6, 6.07) is 11.3. The maximum Gasteiger partial charge on any atom is 0.119 e. The molecule has 0 fully saturated rings. The van der Waals surface area contributed by atoms with E-state index in [9.17, 15) is 5.11 Å². The lowest BCUT2D eigenvalue weighted by atomic mass is 9.98. The third kappa shape index (κ3) is 6.54. The number of phenols is 2. The molecule has 0 aromatic heterocycles. The number of rotatable bonds is 2. The number of halogens is 1. The molecule has 0 saturated carbocycles. The van der Waals surface area contributed by atoms with Gasteiger partial charge in [0, 0.05) is 0 Å². The Kier molecular flexibility index (Phi) is 8.78. The summed E-state index contributed by atoms with van der Waals surface area (Å²) in [5, 5.41) is 18.6. The van der Waals surface area contributed by atoms with Crippen LogP contribution in [0.3, 0.4) is 0 Å². The van der Waals surface area contributed by atoms with Gasteiger partial charge in [-0.1, -0.05) is 45.9 Å². The molecule has 3 heteroatoms. The minimum Gasteiger partial charge on any atom is -0.508 e. The fourth-order valence-corrected chi connectivity index (χ4v) is 2.45. The molecule has 0 saturated heterocycles. The summed E-state index contributed by atoms with van der Waals surface area (Å²) in [5.41, 5.74) is 4.60. The molecule has 2 nitrogen and oxygen atoms in total. The van der Waals surface area contributed by atoms with Crippen LogP contribution < -0.4 is 0 Å². The number of aryl methyl sites for hydroxylation is 2. The molecule has 0 bridgehead atoms. The van der Waals surface area contributed by atoms with Crippen molar-refractivity contribution in [2.75, 3.05) is 0 Å². The van der Waals surface area contributed by atoms with Crippen molar-refractivity contribution in [3.05, 3.63) is 58.7 Å². The molecule has 2 N–H and O–H groups in total. The molecule has 0 aliphatic heterocycles. The first-order chi connectivity index (χ1) is 10.2. The van der Waals surface area contributed by atoms with Gasteiger partial charge in [-0.2, -0.15) is 0 Å². The molecule has 0 heterocycles. The highest BCUT2D eigenvalue weighted by Gasteiger charge is 2.04. The van der Waals surface area contributed by atoms with Crippen molar-refractivity contribution in [3.63, 3.8) is 0 Å². The highest BCUT2D eigenvalue weighted by atomic mass is 35.5. The molecular weight excluding hydrogens is 308 g/mol. The summed E-state index contributed by atoms with van der Waals surface area (Å²) >= 11 is 0. The second-order valence-corrected chi connectivity index (χ2v) is 6.41. The fraction of sp³-hybridized carbons (Fsp3) is 0.400. The Labute approximate surface area is 146 Å². The molecule has 0 amide bonds. The monoisotopic (exact) mass is 336 g/mol. The summed E-state index contributed by atoms with van der Waals surface area (Å²) in [6.07, 6.45) is 0. The predicted molar refractivity (Wildman–Crippen MR) is 101 cm³/mol. The number of benzene rings is 2. The van der Waals surface area contributed by atoms with Gasteiger partial charge in [-0.05, 0) is 66.1 Å². The van der Waals surface area contributed by atoms with Gasteiger partial charge in [0.25, 0.3) is 0 Å². The summed E-state index contributed by atoms with van der Waals surface area (Å²) in [4.78, 5) is 0. The van der Waals surface area contributed by atoms with E-state index in [4.69, 9.17) is 5.11 Å². The molecule has 2 aromatic rings. The van der Waals surface area contributed by atoms with E-state index in [2.05, 4.69) is 27.7 Å². The normalized spacial score (nSPS) is 10.1. The maximum absolute atomic E-state index is 9.46. The van der Waals surface area contributed by atoms with Crippen molar-refractivity contribution in [1.82, 2.24) is 0 Å². The van der Waals surface area contributed by atoms with Crippen LogP contribution in [-0.2, 0) is 0 Å². The standard InChI is InChI=1S/2C10H14O.ClH/c1-7(2)10-5-4-9(11)6-8(10)3;1-7(2)9-5-4-8(3)6-10(9)11;/h2*4-7,11H,1-3H3;1H. The van der Waals surface area contributed by atoms with Crippen LogP contribution in [0.25, 0.3) is 0 Å². The number of hydrogen-bond donors (Lipinski definition) is 2. The number of hydrogen-bond acceptors (Lipinski definition) is 2. The molecule has 0 unspecified atom stereocenters. The average molecular weight is 337 g/mol. The topological polar surface area (TPSA) is 40.5 Å². The van der Waals surface area contributed by atoms with Gasteiger partial charge in [0.1, 0.15) is 11.5 Å². The van der Waals surface area contributed by atoms with E-state index < -0.39 is 0 Å². The zero-order valence-corrected chi connectivity index (χ0v) is 15.7. The summed E-state index contributed by atoms with van der Waals surface area (Å²) in [5.74, 6) is 1.71. The van der Waals surface area contributed by atoms with Crippen LogP contribution >= 0.6 is 12.4 Å². The minimum absolute atomic E-state index is 0. The average Bonchev–Trinajstić information content (AvgIpc) is 2.38. The van der Waals surface area contributed by atoms with E-state index in [0.29, 0.717) is 23.3 Å². The van der Waals surface area contributed by atoms with E-state index in [1.807, 2.05) is 32.0 Å². The Morgan fingerprint density at radius 3 is 1.70 bits per heavy atom. The molecular formula is C20H29ClO2. The Morgan fingerprint density at radius 1 is 0.739 bits per heavy atom. The van der Waals surface area contributed by atoms with E-state index in [-0.39, 0.29) is 12.4 Å². The third-order valence-electron chi connectivity index (χ3n) is 3.68. The molecule has 23 heavy (non-hydrogen) atoms. The van der Waals surface area contributed by atoms with Crippen molar-refractivity contribution in [1.29, 1.82) is 0 Å². The van der Waals surface area contributed by atoms with Crippen LogP contribution in [0, 0.1) is 13.8 Å². The Morgan fingerprint density at radius 2 is 1.26 bits per heavy atom. The van der Waals surface area contributed by atoms with E-state index in [1.165, 1.54) is 11.1 Å². The van der Waals surface area contributed by atoms with Crippen molar-refractivity contribution in [3.8, 4) is 11.5 Å². The Hall–Kier alpha value is -1.67. The molecule has 0 atom stereocenters. The van der Waals surface area contributed by atoms with Crippen LogP contribution in [0.15, 0.2) is 36.4 Å². The Bertz CT molecular complexity index is 564. The molecule has 128 valence electrons. The summed E-state index contributed by atoms with van der Waals surface area (Å²) < 4.78 is 0. The van der Waals surface area contributed by atoms with E-state index >= 15 is 0 Å². The van der Waals surface area contributed by atoms with Crippen LogP contribution in [0.4, 0.5) is 0 Å². The highest BCUT2D eigenvalue weighted by Crippen LogP contribution is 2.25. The Balaban J connectivity index is 0.000000403. The van der Waals surface area contributed by atoms with Crippen molar-refractivity contribution >= 4 is 12.4 Å². The second kappa shape index (κ2) is 9.46. The van der Waals surface area contributed by atoms with Crippen molar-refractivity contribution in [2.45, 2.75) is 53.4 Å². The first kappa shape index (κ1) is 21.3. The SMILES string of the molecule is Cc1cc(O)ccc1C(C)C.Cc1ccc(C(C)C)c(O)c1.Cl. The van der Waals surface area contributed by atoms with Gasteiger partial charge >= 0.3 is 0 Å². The van der Waals surface area contributed by atoms with Gasteiger partial charge in [-0.3, -0.25) is 0 Å². The summed E-state index contributed by atoms with van der Waals surface area (Å²) in [7, 11) is 0. The minimum atomic E-state index is 0. The number of phenolic OH excluding ortho intramolecular Hbond substituents is 2. The zero-order chi connectivity index (χ0) is 16.9. The third-order valence-corrected chi connectivity index (χ3v) is 3.68. The fourth-order valence-electron chi connectivity index (χ4n) is 2.45. The molecule has 0 radical (unpaired) electrons. The van der Waals surface area contributed by atoms with Crippen molar-refractivity contribution in [2.24, 2.45) is 0 Å². The van der Waals surface area contributed by atoms with Gasteiger partial charge in [-0.15, -0.1) is 12.4 Å². The maximum atomic E-state index is 9.46. The van der Waals surface area contributed by atoms with Gasteiger partial charge in [-0.25, -0.2) is 0 Å². The lowest BCUT2D eigenvalue weighted by Gasteiger charge is -2.08. The number of aromatic hydroxyl groups is 2. The van der Waals surface area contributed by atoms with Crippen LogP contribution in [0.1, 0.15) is 61.8 Å². The van der Waals surface area contributed by atoms with Gasteiger partial charge in [0.05, 0.1) is 0 Å². The predicted octanol–water partition coefficient (Wildman–Crippen LogP) is 6.07. The lowest BCUT2D eigenvalue weighted by molar-refractivity contribution is 0.464. The van der Waals surface area contributed by atoms with Gasteiger partial charge in [0.15, 0.2) is 0 Å². The van der Waals surface area contributed by atoms with Gasteiger partial charge < -0.3 is 10.2 Å². The van der Waals surface area contributed by atoms with Crippen LogP contribution in [0.2, 0.25) is 0 Å². The molecule has 2 rings (SSSR count). The highest BCUT2D eigenvalue weighted by molar-refractivity contribution is 5.85. The molecule has 2 aromatic carbocycles. The van der Waals surface area contributed by atoms with Crippen molar-refractivity contribution < 1.29 is 10.2 Å². The van der Waals surface area contributed by atoms with Crippen LogP contribution in [0.5, 0.6) is 11.5 Å². The molecule has 0 aliphatic carbocycles. The van der Waals surface area contributed by atoms with E-state index in [0.717, 1.165) is 11.1 Å². The molecule has 0 aliphatic rings. The smallest absolute Gasteiger partial charge is 0.119 e. The first-order valence-electron chi connectivity index (χ1n) is 7.81. The second-order valence-electron chi connectivity index (χ2n) is 6.41. The van der Waals surface area contributed by atoms with Gasteiger partial charge in [0.2, 0.25) is 0 Å². The van der Waals surface area contributed by atoms with E-state index in [1.54, 1.807) is 18.2 Å². The largest absolute Gasteiger partial charge is 0.508 e. The quantitative estimate of drug-likeness (QED) is 0.698. The zero-order valence-electron chi connectivity index (χ0n) is 14.9.